The monoisotopic (exact) mass is 465 g/mol. The van der Waals surface area contributed by atoms with Crippen LogP contribution in [0.2, 0.25) is 0 Å². The lowest BCUT2D eigenvalue weighted by molar-refractivity contribution is -0.140. The van der Waals surface area contributed by atoms with E-state index in [2.05, 4.69) is 0 Å². The zero-order chi connectivity index (χ0) is 24.0. The number of imide groups is 3. The van der Waals surface area contributed by atoms with Gasteiger partial charge in [0.2, 0.25) is 35.4 Å². The van der Waals surface area contributed by atoms with Gasteiger partial charge in [-0.2, -0.15) is 0 Å². The quantitative estimate of drug-likeness (QED) is 0.369. The summed E-state index contributed by atoms with van der Waals surface area (Å²) < 4.78 is 0. The van der Waals surface area contributed by atoms with Crippen molar-refractivity contribution < 1.29 is 28.8 Å². The normalized spacial score (nSPS) is 46.9. The van der Waals surface area contributed by atoms with Gasteiger partial charge in [-0.25, -0.2) is 0 Å². The molecule has 10 atom stereocenters. The van der Waals surface area contributed by atoms with E-state index in [-0.39, 0.29) is 59.1 Å². The molecule has 0 aromatic rings. The third-order valence-corrected chi connectivity index (χ3v) is 10.5. The van der Waals surface area contributed by atoms with Crippen molar-refractivity contribution in [2.24, 2.45) is 59.2 Å². The molecular weight excluding hydrogens is 438 g/mol. The molecule has 6 amide bonds. The Balaban J connectivity index is 1.45. The van der Waals surface area contributed by atoms with Gasteiger partial charge >= 0.3 is 0 Å². The first-order valence-electron chi connectivity index (χ1n) is 12.3. The summed E-state index contributed by atoms with van der Waals surface area (Å²) in [6.45, 7) is 0. The Kier molecular flexibility index (Phi) is 3.76. The van der Waals surface area contributed by atoms with Crippen LogP contribution < -0.4 is 0 Å². The van der Waals surface area contributed by atoms with Gasteiger partial charge in [0, 0.05) is 21.1 Å². The first-order valence-corrected chi connectivity index (χ1v) is 12.3. The first-order chi connectivity index (χ1) is 16.1. The molecule has 0 unspecified atom stereocenters. The molecule has 0 bridgehead atoms. The van der Waals surface area contributed by atoms with E-state index in [4.69, 9.17) is 0 Å². The standard InChI is InChI=1S/C25H27N3O6/c1-26-20(29)12-6-10-14-8(16(12)22(26)31)4-5-9-15(14)11(19-18(10)24(33)28(3)25(19)34)7-13-17(9)23(32)27(2)21(13)30/h8-13,16-19H,4-7H2,1-3H3/t8-,9-,10-,11+,12+,13+,16-,17-,18-,19+/m0/s1. The van der Waals surface area contributed by atoms with Crippen molar-refractivity contribution in [1.29, 1.82) is 0 Å². The van der Waals surface area contributed by atoms with E-state index >= 15 is 0 Å². The average molecular weight is 466 g/mol. The second kappa shape index (κ2) is 6.23. The van der Waals surface area contributed by atoms with Crippen LogP contribution in [0.4, 0.5) is 0 Å². The summed E-state index contributed by atoms with van der Waals surface area (Å²) in [5.41, 5.74) is 2.15. The number of nitrogens with zero attached hydrogens (tertiary/aromatic N) is 3. The zero-order valence-corrected chi connectivity index (χ0v) is 19.4. The fraction of sp³-hybridized carbons (Fsp3) is 0.680. The molecular formula is C25H27N3O6. The predicted molar refractivity (Wildman–Crippen MR) is 114 cm³/mol. The maximum absolute atomic E-state index is 13.4. The number of rotatable bonds is 0. The minimum atomic E-state index is -0.557. The molecule has 0 aromatic carbocycles. The van der Waals surface area contributed by atoms with Crippen molar-refractivity contribution in [3.05, 3.63) is 11.1 Å². The molecule has 0 aromatic heterocycles. The molecule has 178 valence electrons. The Labute approximate surface area is 196 Å². The van der Waals surface area contributed by atoms with Crippen LogP contribution in [0.1, 0.15) is 25.7 Å². The predicted octanol–water partition coefficient (Wildman–Crippen LogP) is 0.0556. The summed E-state index contributed by atoms with van der Waals surface area (Å²) in [6.07, 6.45) is 2.10. The van der Waals surface area contributed by atoms with Crippen LogP contribution in [0.3, 0.4) is 0 Å². The van der Waals surface area contributed by atoms with Gasteiger partial charge in [-0.3, -0.25) is 43.5 Å². The fourth-order valence-electron chi connectivity index (χ4n) is 9.22. The van der Waals surface area contributed by atoms with E-state index < -0.39 is 35.5 Å². The molecule has 7 rings (SSSR count). The largest absolute Gasteiger partial charge is 0.285 e. The Morgan fingerprint density at radius 2 is 0.765 bits per heavy atom. The van der Waals surface area contributed by atoms with Gasteiger partial charge < -0.3 is 0 Å². The molecule has 0 spiro atoms. The van der Waals surface area contributed by atoms with Crippen LogP contribution in [-0.2, 0) is 28.8 Å². The van der Waals surface area contributed by atoms with Gasteiger partial charge in [0.15, 0.2) is 0 Å². The summed E-state index contributed by atoms with van der Waals surface area (Å²) in [5.74, 6) is -4.85. The van der Waals surface area contributed by atoms with E-state index in [0.717, 1.165) is 11.1 Å². The zero-order valence-electron chi connectivity index (χ0n) is 19.4. The molecule has 0 N–H and O–H groups in total. The second-order valence-electron chi connectivity index (χ2n) is 11.4. The van der Waals surface area contributed by atoms with Crippen molar-refractivity contribution in [3.63, 3.8) is 0 Å². The summed E-state index contributed by atoms with van der Waals surface area (Å²) >= 11 is 0. The van der Waals surface area contributed by atoms with Crippen LogP contribution in [-0.4, -0.2) is 71.3 Å². The molecule has 0 radical (unpaired) electrons. The van der Waals surface area contributed by atoms with E-state index in [9.17, 15) is 28.8 Å². The number of carbonyl (C=O) groups excluding carboxylic acids is 6. The third-order valence-electron chi connectivity index (χ3n) is 10.5. The van der Waals surface area contributed by atoms with E-state index in [1.165, 1.54) is 35.8 Å². The molecule has 3 heterocycles. The smallest absolute Gasteiger partial charge is 0.233 e. The van der Waals surface area contributed by atoms with Crippen molar-refractivity contribution in [3.8, 4) is 0 Å². The van der Waals surface area contributed by atoms with Crippen LogP contribution in [0.5, 0.6) is 0 Å². The molecule has 3 aliphatic heterocycles. The van der Waals surface area contributed by atoms with Gasteiger partial charge in [0.25, 0.3) is 0 Å². The summed E-state index contributed by atoms with van der Waals surface area (Å²) in [5, 5.41) is 0. The Hall–Kier alpha value is -2.84. The van der Waals surface area contributed by atoms with Crippen LogP contribution in [0, 0.1) is 59.2 Å². The highest BCUT2D eigenvalue weighted by atomic mass is 16.2. The number of hydrogen-bond donors (Lipinski definition) is 0. The number of fused-ring (bicyclic) bond motifs is 7. The van der Waals surface area contributed by atoms with Gasteiger partial charge in [-0.15, -0.1) is 0 Å². The molecule has 4 aliphatic carbocycles. The molecule has 9 heteroatoms. The van der Waals surface area contributed by atoms with Crippen molar-refractivity contribution >= 4 is 35.4 Å². The maximum Gasteiger partial charge on any atom is 0.233 e. The maximum atomic E-state index is 13.4. The third kappa shape index (κ3) is 2.05. The van der Waals surface area contributed by atoms with Crippen molar-refractivity contribution in [2.45, 2.75) is 25.7 Å². The van der Waals surface area contributed by atoms with E-state index in [0.29, 0.717) is 25.7 Å². The first kappa shape index (κ1) is 20.5. The van der Waals surface area contributed by atoms with Crippen molar-refractivity contribution in [2.75, 3.05) is 21.1 Å². The van der Waals surface area contributed by atoms with Gasteiger partial charge in [0.1, 0.15) is 0 Å². The SMILES string of the molecule is CN1C(=O)[C@@H]2[C@H](C1=O)[C@@H]1C[C@H]3C(=O)N(C)C(=O)[C@H]3[C@H]3CC[C@H]4C(=C13)[C@@H]2C[C@H]1C(=O)N(C)C(=O)[C@H]14. The lowest BCUT2D eigenvalue weighted by Crippen LogP contribution is -2.53. The lowest BCUT2D eigenvalue weighted by atomic mass is 9.46. The summed E-state index contributed by atoms with van der Waals surface area (Å²) in [7, 11) is 4.58. The molecule has 34 heavy (non-hydrogen) atoms. The molecule has 3 saturated heterocycles. The fourth-order valence-corrected chi connectivity index (χ4v) is 9.22. The van der Waals surface area contributed by atoms with Crippen LogP contribution in [0.25, 0.3) is 0 Å². The topological polar surface area (TPSA) is 112 Å². The molecule has 5 fully saturated rings. The van der Waals surface area contributed by atoms with Gasteiger partial charge in [-0.05, 0) is 49.4 Å². The summed E-state index contributed by atoms with van der Waals surface area (Å²) in [6, 6.07) is 0. The number of amides is 6. The Morgan fingerprint density at radius 1 is 0.441 bits per heavy atom. The summed E-state index contributed by atoms with van der Waals surface area (Å²) in [4.78, 5) is 82.7. The molecule has 2 saturated carbocycles. The Morgan fingerprint density at radius 3 is 1.15 bits per heavy atom. The Bertz CT molecular complexity index is 1090. The van der Waals surface area contributed by atoms with Gasteiger partial charge in [0.05, 0.1) is 35.5 Å². The number of likely N-dealkylation sites (tertiary alicyclic amines) is 3. The second-order valence-corrected chi connectivity index (χ2v) is 11.4. The highest BCUT2D eigenvalue weighted by molar-refractivity contribution is 6.08. The molecule has 9 nitrogen and oxygen atoms in total. The number of carbonyl (C=O) groups is 6. The number of allylic oxidation sites excluding steroid dienone is 2. The van der Waals surface area contributed by atoms with Crippen LogP contribution >= 0.6 is 0 Å². The van der Waals surface area contributed by atoms with E-state index in [1.807, 2.05) is 0 Å². The highest BCUT2D eigenvalue weighted by Crippen LogP contribution is 2.66. The highest BCUT2D eigenvalue weighted by Gasteiger charge is 2.68. The molecule has 7 aliphatic rings. The van der Waals surface area contributed by atoms with E-state index in [1.54, 1.807) is 0 Å². The minimum Gasteiger partial charge on any atom is -0.285 e. The van der Waals surface area contributed by atoms with Gasteiger partial charge in [-0.1, -0.05) is 11.1 Å². The minimum absolute atomic E-state index is 0.143. The van der Waals surface area contributed by atoms with Crippen molar-refractivity contribution in [1.82, 2.24) is 14.7 Å². The van der Waals surface area contributed by atoms with Crippen LogP contribution in [0.15, 0.2) is 11.1 Å². The average Bonchev–Trinajstić information content (AvgIpc) is 3.29. The lowest BCUT2D eigenvalue weighted by Gasteiger charge is -2.55. The number of hydrogen-bond acceptors (Lipinski definition) is 6.